The minimum Gasteiger partial charge on any atom is -0.480 e. The summed E-state index contributed by atoms with van der Waals surface area (Å²) in [5.41, 5.74) is 5.33. The van der Waals surface area contributed by atoms with E-state index >= 15 is 0 Å². The molecule has 4 N–H and O–H groups in total. The molecule has 12 nitrogen and oxygen atoms in total. The Balaban J connectivity index is 4.42. The van der Waals surface area contributed by atoms with Gasteiger partial charge in [-0.1, -0.05) is 141 Å². The van der Waals surface area contributed by atoms with Gasteiger partial charge in [0.05, 0.1) is 13.2 Å². The quantitative estimate of drug-likeness (QED) is 0.0132. The average molecular weight is 828 g/mol. The van der Waals surface area contributed by atoms with Crippen LogP contribution in [0.1, 0.15) is 187 Å². The van der Waals surface area contributed by atoms with Gasteiger partial charge in [0.25, 0.3) is 0 Å². The van der Waals surface area contributed by atoms with Gasteiger partial charge in [0, 0.05) is 19.3 Å². The van der Waals surface area contributed by atoms with E-state index in [1.54, 1.807) is 12.2 Å². The zero-order valence-electron chi connectivity index (χ0n) is 35.4. The van der Waals surface area contributed by atoms with Crippen molar-refractivity contribution >= 4 is 31.5 Å². The van der Waals surface area contributed by atoms with Crippen LogP contribution >= 0.6 is 7.82 Å². The predicted molar refractivity (Wildman–Crippen MR) is 227 cm³/mol. The maximum absolute atomic E-state index is 12.6. The summed E-state index contributed by atoms with van der Waals surface area (Å²) in [5.74, 6) is -2.29. The molecular formula is C44H78NO11P. The number of phosphoric acid groups is 1. The van der Waals surface area contributed by atoms with Crippen LogP contribution in [0.25, 0.3) is 0 Å². The van der Waals surface area contributed by atoms with Crippen molar-refractivity contribution in [3.05, 3.63) is 36.5 Å². The Morgan fingerprint density at radius 1 is 0.579 bits per heavy atom. The first-order valence-corrected chi connectivity index (χ1v) is 23.5. The van der Waals surface area contributed by atoms with Crippen LogP contribution in [-0.2, 0) is 42.3 Å². The Morgan fingerprint density at radius 2 is 1.04 bits per heavy atom. The number of aliphatic carboxylic acids is 1. The number of phosphoric ester groups is 1. The van der Waals surface area contributed by atoms with Crippen LogP contribution in [0.4, 0.5) is 0 Å². The molecule has 0 aromatic carbocycles. The number of carbonyl (C=O) groups is 4. The Bertz CT molecular complexity index is 1170. The maximum Gasteiger partial charge on any atom is 0.472 e. The first kappa shape index (κ1) is 54.4. The molecule has 0 aromatic heterocycles. The molecule has 0 rings (SSSR count). The smallest absolute Gasteiger partial charge is 0.472 e. The van der Waals surface area contributed by atoms with E-state index in [4.69, 9.17) is 24.8 Å². The third kappa shape index (κ3) is 38.6. The molecular weight excluding hydrogens is 749 g/mol. The second-order valence-electron chi connectivity index (χ2n) is 14.9. The van der Waals surface area contributed by atoms with E-state index in [1.807, 2.05) is 12.2 Å². The molecule has 0 saturated carbocycles. The third-order valence-corrected chi connectivity index (χ3v) is 10.3. The number of allylic oxidation sites excluding steroid dienone is 6. The van der Waals surface area contributed by atoms with Crippen LogP contribution in [0, 0.1) is 0 Å². The summed E-state index contributed by atoms with van der Waals surface area (Å²) < 4.78 is 32.6. The van der Waals surface area contributed by atoms with Crippen molar-refractivity contribution in [1.82, 2.24) is 0 Å². The summed E-state index contributed by atoms with van der Waals surface area (Å²) in [7, 11) is -4.74. The molecule has 0 amide bonds. The lowest BCUT2D eigenvalue weighted by Crippen LogP contribution is -2.34. The summed E-state index contributed by atoms with van der Waals surface area (Å²) >= 11 is 0. The second-order valence-corrected chi connectivity index (χ2v) is 16.3. The molecule has 0 aliphatic carbocycles. The molecule has 0 bridgehead atoms. The number of hydrogen-bond acceptors (Lipinski definition) is 10. The van der Waals surface area contributed by atoms with Crippen molar-refractivity contribution in [2.45, 2.75) is 199 Å². The van der Waals surface area contributed by atoms with E-state index in [0.717, 1.165) is 83.5 Å². The number of ether oxygens (including phenoxy) is 2. The molecule has 330 valence electrons. The highest BCUT2D eigenvalue weighted by Crippen LogP contribution is 2.43. The monoisotopic (exact) mass is 828 g/mol. The molecule has 0 saturated heterocycles. The molecule has 0 aliphatic rings. The fraction of sp³-hybridized carbons (Fsp3) is 0.773. The van der Waals surface area contributed by atoms with E-state index in [9.17, 15) is 28.6 Å². The van der Waals surface area contributed by atoms with Gasteiger partial charge in [-0.05, 0) is 63.9 Å². The zero-order valence-corrected chi connectivity index (χ0v) is 36.3. The van der Waals surface area contributed by atoms with Gasteiger partial charge >= 0.3 is 25.7 Å². The highest BCUT2D eigenvalue weighted by molar-refractivity contribution is 7.47. The molecule has 0 aromatic rings. The number of nitrogens with two attached hydrogens (primary N) is 1. The first-order valence-electron chi connectivity index (χ1n) is 22.0. The molecule has 0 radical (unpaired) electrons. The van der Waals surface area contributed by atoms with Crippen molar-refractivity contribution in [2.75, 3.05) is 19.8 Å². The molecule has 0 aliphatic heterocycles. The SMILES string of the molecule is CCCCCCCC/C=C\CCCCCCCCCC(=O)O[C@H](COC(=O)CCCCCCC/C=C\C=C\C(=O)CCCCC)COP(=O)(O)OC[C@H](N)C(=O)O. The van der Waals surface area contributed by atoms with Gasteiger partial charge in [-0.2, -0.15) is 0 Å². The Labute approximate surface area is 344 Å². The normalized spacial score (nSPS) is 14.0. The Hall–Kier alpha value is -2.63. The van der Waals surface area contributed by atoms with Crippen LogP contribution in [0.5, 0.6) is 0 Å². The number of hydrogen-bond donors (Lipinski definition) is 3. The van der Waals surface area contributed by atoms with Gasteiger partial charge in [-0.3, -0.25) is 28.2 Å². The van der Waals surface area contributed by atoms with E-state index in [1.165, 1.54) is 57.8 Å². The van der Waals surface area contributed by atoms with Crippen LogP contribution in [0.2, 0.25) is 0 Å². The lowest BCUT2D eigenvalue weighted by atomic mass is 10.1. The molecule has 0 fully saturated rings. The fourth-order valence-corrected chi connectivity index (χ4v) is 6.58. The number of rotatable bonds is 41. The van der Waals surface area contributed by atoms with E-state index in [-0.39, 0.29) is 25.2 Å². The maximum atomic E-state index is 12.6. The number of carboxylic acid groups (broad SMARTS) is 1. The van der Waals surface area contributed by atoms with Crippen molar-refractivity contribution in [3.8, 4) is 0 Å². The fourth-order valence-electron chi connectivity index (χ4n) is 5.81. The number of esters is 2. The summed E-state index contributed by atoms with van der Waals surface area (Å²) in [6.07, 6.45) is 37.6. The third-order valence-electron chi connectivity index (χ3n) is 9.34. The van der Waals surface area contributed by atoms with Gasteiger partial charge in [0.15, 0.2) is 11.9 Å². The van der Waals surface area contributed by atoms with Crippen LogP contribution < -0.4 is 5.73 Å². The van der Waals surface area contributed by atoms with Crippen molar-refractivity contribution in [1.29, 1.82) is 0 Å². The summed E-state index contributed by atoms with van der Waals surface area (Å²) in [5, 5.41) is 8.88. The summed E-state index contributed by atoms with van der Waals surface area (Å²) in [4.78, 5) is 57.7. The van der Waals surface area contributed by atoms with Gasteiger partial charge in [-0.15, -0.1) is 0 Å². The average Bonchev–Trinajstić information content (AvgIpc) is 3.18. The van der Waals surface area contributed by atoms with Crippen molar-refractivity contribution in [3.63, 3.8) is 0 Å². The zero-order chi connectivity index (χ0) is 42.2. The van der Waals surface area contributed by atoms with E-state index < -0.39 is 51.1 Å². The standard InChI is InChI=1S/C44H78NO11P/c1-3-5-7-8-9-10-11-12-13-14-15-16-17-20-24-27-31-35-43(48)56-40(37-54-57(51,52)55-38-41(45)44(49)50)36-53-42(47)34-30-26-23-21-18-19-22-25-29-33-39(46)32-28-6-4-2/h12-13,22,25,29,33,40-41H,3-11,14-21,23-24,26-28,30-32,34-38,45H2,1-2H3,(H,49,50)(H,51,52)/b13-12-,25-22-,33-29+/t40-,41+/m1/s1. The van der Waals surface area contributed by atoms with Gasteiger partial charge in [0.1, 0.15) is 12.6 Å². The lowest BCUT2D eigenvalue weighted by molar-refractivity contribution is -0.161. The largest absolute Gasteiger partial charge is 0.480 e. The molecule has 3 atom stereocenters. The minimum atomic E-state index is -4.74. The van der Waals surface area contributed by atoms with Gasteiger partial charge in [-0.25, -0.2) is 4.57 Å². The van der Waals surface area contributed by atoms with E-state index in [0.29, 0.717) is 19.3 Å². The summed E-state index contributed by atoms with van der Waals surface area (Å²) in [6.45, 7) is 2.60. The molecule has 57 heavy (non-hydrogen) atoms. The van der Waals surface area contributed by atoms with Gasteiger partial charge in [0.2, 0.25) is 0 Å². The topological polar surface area (TPSA) is 189 Å². The summed E-state index contributed by atoms with van der Waals surface area (Å²) in [6, 6.07) is -1.53. The predicted octanol–water partition coefficient (Wildman–Crippen LogP) is 10.8. The Kier molecular flexibility index (Phi) is 37.1. The van der Waals surface area contributed by atoms with Crippen molar-refractivity contribution in [2.24, 2.45) is 5.73 Å². The number of carbonyl (C=O) groups excluding carboxylic acids is 3. The lowest BCUT2D eigenvalue weighted by Gasteiger charge is -2.20. The number of carboxylic acids is 1. The van der Waals surface area contributed by atoms with Crippen LogP contribution in [0.3, 0.4) is 0 Å². The number of ketones is 1. The molecule has 13 heteroatoms. The van der Waals surface area contributed by atoms with E-state index in [2.05, 4.69) is 30.5 Å². The van der Waals surface area contributed by atoms with Gasteiger partial charge < -0.3 is 25.2 Å². The highest BCUT2D eigenvalue weighted by atomic mass is 31.2. The first-order chi connectivity index (χ1) is 27.5. The van der Waals surface area contributed by atoms with Crippen LogP contribution in [0.15, 0.2) is 36.5 Å². The second kappa shape index (κ2) is 38.9. The van der Waals surface area contributed by atoms with Crippen molar-refractivity contribution < 1.29 is 52.3 Å². The molecule has 1 unspecified atom stereocenters. The minimum absolute atomic E-state index is 0.139. The molecule has 0 heterocycles. The highest BCUT2D eigenvalue weighted by Gasteiger charge is 2.28. The molecule has 0 spiro atoms. The Morgan fingerprint density at radius 3 is 1.60 bits per heavy atom. The van der Waals surface area contributed by atoms with Crippen LogP contribution in [-0.4, -0.2) is 65.7 Å². The number of unbranched alkanes of at least 4 members (excludes halogenated alkanes) is 20.